The second kappa shape index (κ2) is 6.45. The number of nitrogens with zero attached hydrogens (tertiary/aromatic N) is 5. The van der Waals surface area contributed by atoms with E-state index in [1.165, 1.54) is 4.80 Å². The average Bonchev–Trinajstić information content (AvgIpc) is 3.01. The summed E-state index contributed by atoms with van der Waals surface area (Å²) in [6.45, 7) is 5.28. The summed E-state index contributed by atoms with van der Waals surface area (Å²) in [5, 5.41) is 18.0. The van der Waals surface area contributed by atoms with Crippen molar-refractivity contribution in [2.75, 3.05) is 37.8 Å². The fraction of sp³-hybridized carbons (Fsp3) is 0.400. The molecule has 2 aromatic rings. The van der Waals surface area contributed by atoms with Crippen LogP contribution in [-0.4, -0.2) is 47.9 Å². The number of hydrogen-bond acceptors (Lipinski definition) is 6. The van der Waals surface area contributed by atoms with E-state index in [4.69, 9.17) is 9.47 Å². The number of anilines is 1. The molecule has 0 unspecified atom stereocenters. The molecule has 1 saturated heterocycles. The second-order valence-electron chi connectivity index (χ2n) is 4.80. The predicted molar refractivity (Wildman–Crippen MR) is 80.3 cm³/mol. The molecule has 114 valence electrons. The standard InChI is InChI=1S/C15H17N5O2/c1-2-22-13-5-3-12(4-6-13)20-17-14(11-16)15(18-20)19-7-9-21-10-8-19/h3-6H,2,7-10H2,1H3. The fourth-order valence-electron chi connectivity index (χ4n) is 2.32. The highest BCUT2D eigenvalue weighted by Crippen LogP contribution is 2.20. The van der Waals surface area contributed by atoms with E-state index in [9.17, 15) is 5.26 Å². The van der Waals surface area contributed by atoms with Crippen LogP contribution in [0.1, 0.15) is 12.6 Å². The van der Waals surface area contributed by atoms with Crippen LogP contribution in [0.2, 0.25) is 0 Å². The molecule has 1 aromatic carbocycles. The Balaban J connectivity index is 1.88. The minimum atomic E-state index is 0.329. The van der Waals surface area contributed by atoms with Crippen LogP contribution in [-0.2, 0) is 4.74 Å². The zero-order valence-corrected chi connectivity index (χ0v) is 12.4. The normalized spacial score (nSPS) is 14.6. The molecule has 7 nitrogen and oxygen atoms in total. The molecular formula is C15H17N5O2. The van der Waals surface area contributed by atoms with Crippen LogP contribution in [0.15, 0.2) is 24.3 Å². The molecule has 0 radical (unpaired) electrons. The zero-order chi connectivity index (χ0) is 15.4. The Morgan fingerprint density at radius 3 is 2.59 bits per heavy atom. The quantitative estimate of drug-likeness (QED) is 0.849. The largest absolute Gasteiger partial charge is 0.494 e. The molecular weight excluding hydrogens is 282 g/mol. The van der Waals surface area contributed by atoms with Crippen LogP contribution >= 0.6 is 0 Å². The van der Waals surface area contributed by atoms with Gasteiger partial charge in [-0.25, -0.2) is 0 Å². The number of aromatic nitrogens is 3. The van der Waals surface area contributed by atoms with E-state index in [2.05, 4.69) is 16.3 Å². The van der Waals surface area contributed by atoms with Crippen molar-refractivity contribution >= 4 is 5.82 Å². The highest BCUT2D eigenvalue weighted by Gasteiger charge is 2.20. The van der Waals surface area contributed by atoms with Gasteiger partial charge in [0, 0.05) is 13.1 Å². The van der Waals surface area contributed by atoms with Crippen molar-refractivity contribution in [1.29, 1.82) is 5.26 Å². The summed E-state index contributed by atoms with van der Waals surface area (Å²) < 4.78 is 10.7. The molecule has 0 saturated carbocycles. The van der Waals surface area contributed by atoms with Crippen LogP contribution < -0.4 is 9.64 Å². The van der Waals surface area contributed by atoms with E-state index >= 15 is 0 Å². The summed E-state index contributed by atoms with van der Waals surface area (Å²) in [5.41, 5.74) is 1.12. The third kappa shape index (κ3) is 2.87. The third-order valence-corrected chi connectivity index (χ3v) is 3.39. The molecule has 1 aliphatic rings. The minimum Gasteiger partial charge on any atom is -0.494 e. The summed E-state index contributed by atoms with van der Waals surface area (Å²) in [4.78, 5) is 3.51. The Bertz CT molecular complexity index is 668. The van der Waals surface area contributed by atoms with Crippen molar-refractivity contribution < 1.29 is 9.47 Å². The maximum atomic E-state index is 9.28. The molecule has 0 bridgehead atoms. The maximum absolute atomic E-state index is 9.28. The smallest absolute Gasteiger partial charge is 0.207 e. The van der Waals surface area contributed by atoms with Crippen molar-refractivity contribution in [2.45, 2.75) is 6.92 Å². The lowest BCUT2D eigenvalue weighted by molar-refractivity contribution is 0.122. The van der Waals surface area contributed by atoms with Gasteiger partial charge >= 0.3 is 0 Å². The Labute approximate surface area is 128 Å². The predicted octanol–water partition coefficient (Wildman–Crippen LogP) is 1.37. The number of rotatable bonds is 4. The molecule has 0 N–H and O–H groups in total. The van der Waals surface area contributed by atoms with Gasteiger partial charge in [0.15, 0.2) is 5.82 Å². The van der Waals surface area contributed by atoms with E-state index in [1.54, 1.807) is 0 Å². The van der Waals surface area contributed by atoms with Gasteiger partial charge in [0.25, 0.3) is 0 Å². The zero-order valence-electron chi connectivity index (χ0n) is 12.4. The van der Waals surface area contributed by atoms with Gasteiger partial charge in [0.1, 0.15) is 11.8 Å². The maximum Gasteiger partial charge on any atom is 0.207 e. The lowest BCUT2D eigenvalue weighted by atomic mass is 10.3. The summed E-state index contributed by atoms with van der Waals surface area (Å²) in [5.74, 6) is 1.41. The van der Waals surface area contributed by atoms with Gasteiger partial charge in [-0.05, 0) is 31.2 Å². The van der Waals surface area contributed by atoms with Crippen LogP contribution in [0.25, 0.3) is 5.69 Å². The molecule has 2 heterocycles. The molecule has 0 atom stereocenters. The van der Waals surface area contributed by atoms with Gasteiger partial charge in [-0.2, -0.15) is 5.26 Å². The fourth-order valence-corrected chi connectivity index (χ4v) is 2.32. The molecule has 7 heteroatoms. The van der Waals surface area contributed by atoms with E-state index in [0.29, 0.717) is 31.3 Å². The molecule has 0 amide bonds. The first-order chi connectivity index (χ1) is 10.8. The van der Waals surface area contributed by atoms with E-state index < -0.39 is 0 Å². The first-order valence-electron chi connectivity index (χ1n) is 7.25. The number of ether oxygens (including phenoxy) is 2. The highest BCUT2D eigenvalue weighted by molar-refractivity contribution is 5.50. The summed E-state index contributed by atoms with van der Waals surface area (Å²) >= 11 is 0. The van der Waals surface area contributed by atoms with Crippen molar-refractivity contribution in [1.82, 2.24) is 15.0 Å². The Hall–Kier alpha value is -2.59. The average molecular weight is 299 g/mol. The van der Waals surface area contributed by atoms with Crippen molar-refractivity contribution in [3.63, 3.8) is 0 Å². The molecule has 0 aliphatic carbocycles. The number of nitriles is 1. The van der Waals surface area contributed by atoms with Gasteiger partial charge < -0.3 is 14.4 Å². The number of benzene rings is 1. The summed E-state index contributed by atoms with van der Waals surface area (Å²) in [6, 6.07) is 9.58. The van der Waals surface area contributed by atoms with Crippen molar-refractivity contribution in [2.24, 2.45) is 0 Å². The molecule has 22 heavy (non-hydrogen) atoms. The molecule has 1 aliphatic heterocycles. The van der Waals surface area contributed by atoms with Crippen LogP contribution in [0.5, 0.6) is 5.75 Å². The van der Waals surface area contributed by atoms with Crippen molar-refractivity contribution in [3.05, 3.63) is 30.0 Å². The topological polar surface area (TPSA) is 76.2 Å². The Morgan fingerprint density at radius 1 is 1.23 bits per heavy atom. The van der Waals surface area contributed by atoms with Gasteiger partial charge in [-0.3, -0.25) is 0 Å². The monoisotopic (exact) mass is 299 g/mol. The Kier molecular flexibility index (Phi) is 4.21. The van der Waals surface area contributed by atoms with Gasteiger partial charge in [-0.15, -0.1) is 15.0 Å². The lowest BCUT2D eigenvalue weighted by Gasteiger charge is -2.26. The second-order valence-corrected chi connectivity index (χ2v) is 4.80. The Morgan fingerprint density at radius 2 is 1.95 bits per heavy atom. The lowest BCUT2D eigenvalue weighted by Crippen LogP contribution is -2.37. The first-order valence-corrected chi connectivity index (χ1v) is 7.25. The molecule has 3 rings (SSSR count). The number of morpholine rings is 1. The van der Waals surface area contributed by atoms with Crippen LogP contribution in [0.3, 0.4) is 0 Å². The first kappa shape index (κ1) is 14.4. The summed E-state index contributed by atoms with van der Waals surface area (Å²) in [7, 11) is 0. The SMILES string of the molecule is CCOc1ccc(-n2nc(C#N)c(N3CCOCC3)n2)cc1. The van der Waals surface area contributed by atoms with Crippen LogP contribution in [0.4, 0.5) is 5.82 Å². The van der Waals surface area contributed by atoms with Gasteiger partial charge in [0.2, 0.25) is 5.69 Å². The highest BCUT2D eigenvalue weighted by atomic mass is 16.5. The van der Waals surface area contributed by atoms with E-state index in [-0.39, 0.29) is 0 Å². The number of hydrogen-bond donors (Lipinski definition) is 0. The minimum absolute atomic E-state index is 0.329. The van der Waals surface area contributed by atoms with Gasteiger partial charge in [-0.1, -0.05) is 0 Å². The molecule has 1 aromatic heterocycles. The molecule has 1 fully saturated rings. The van der Waals surface area contributed by atoms with Crippen molar-refractivity contribution in [3.8, 4) is 17.5 Å². The van der Waals surface area contributed by atoms with Crippen LogP contribution in [0, 0.1) is 11.3 Å². The third-order valence-electron chi connectivity index (χ3n) is 3.39. The molecule has 0 spiro atoms. The van der Waals surface area contributed by atoms with Gasteiger partial charge in [0.05, 0.1) is 25.5 Å². The summed E-state index contributed by atoms with van der Waals surface area (Å²) in [6.07, 6.45) is 0. The van der Waals surface area contributed by atoms with E-state index in [1.807, 2.05) is 36.1 Å². The van der Waals surface area contributed by atoms with E-state index in [0.717, 1.165) is 24.5 Å².